The van der Waals surface area contributed by atoms with Crippen LogP contribution in [0.25, 0.3) is 0 Å². The summed E-state index contributed by atoms with van der Waals surface area (Å²) in [5, 5.41) is 13.1. The first-order chi connectivity index (χ1) is 18.1. The lowest BCUT2D eigenvalue weighted by molar-refractivity contribution is -0.167. The van der Waals surface area contributed by atoms with Crippen molar-refractivity contribution in [2.75, 3.05) is 6.61 Å². The summed E-state index contributed by atoms with van der Waals surface area (Å²) in [5.74, 6) is -3.25. The Morgan fingerprint density at radius 1 is 0.872 bits per heavy atom. The van der Waals surface area contributed by atoms with Gasteiger partial charge in [0.2, 0.25) is 0 Å². The van der Waals surface area contributed by atoms with Crippen molar-refractivity contribution >= 4 is 24.1 Å². The van der Waals surface area contributed by atoms with Crippen LogP contribution in [0.2, 0.25) is 0 Å². The van der Waals surface area contributed by atoms with Crippen molar-refractivity contribution in [3.8, 4) is 11.5 Å². The fraction of sp³-hybridized carbons (Fsp3) is 0.655. The minimum atomic E-state index is -2.18. The second-order valence-electron chi connectivity index (χ2n) is 11.2. The fourth-order valence-corrected chi connectivity index (χ4v) is 3.11. The molecule has 0 amide bonds. The SMILES string of the molecule is CCC(C)N[C@@](Cc1ccc(OC(=O)C(C)CC)c(OC(=O)C(C)CC)c1)(OC(=O)OCC(C)(C)C)C(=O)O. The number of hydrogen-bond donors (Lipinski definition) is 2. The summed E-state index contributed by atoms with van der Waals surface area (Å²) < 4.78 is 21.7. The quantitative estimate of drug-likeness (QED) is 0.173. The molecule has 0 aliphatic rings. The van der Waals surface area contributed by atoms with Crippen molar-refractivity contribution in [3.63, 3.8) is 0 Å². The van der Waals surface area contributed by atoms with Gasteiger partial charge in [-0.15, -0.1) is 0 Å². The zero-order valence-corrected chi connectivity index (χ0v) is 24.7. The molecule has 39 heavy (non-hydrogen) atoms. The summed E-state index contributed by atoms with van der Waals surface area (Å²) in [7, 11) is 0. The van der Waals surface area contributed by atoms with Gasteiger partial charge >= 0.3 is 24.1 Å². The lowest BCUT2D eigenvalue weighted by atomic mass is 9.99. The Kier molecular flexibility index (Phi) is 12.9. The predicted molar refractivity (Wildman–Crippen MR) is 145 cm³/mol. The van der Waals surface area contributed by atoms with E-state index in [0.717, 1.165) is 0 Å². The Hall–Kier alpha value is -3.14. The van der Waals surface area contributed by atoms with E-state index in [0.29, 0.717) is 24.8 Å². The topological polar surface area (TPSA) is 137 Å². The van der Waals surface area contributed by atoms with Gasteiger partial charge in [0.25, 0.3) is 5.72 Å². The van der Waals surface area contributed by atoms with Crippen LogP contribution >= 0.6 is 0 Å². The van der Waals surface area contributed by atoms with Gasteiger partial charge in [0.1, 0.15) is 0 Å². The molecule has 4 atom stereocenters. The van der Waals surface area contributed by atoms with Crippen LogP contribution in [0.4, 0.5) is 4.79 Å². The summed E-state index contributed by atoms with van der Waals surface area (Å²) >= 11 is 0. The smallest absolute Gasteiger partial charge is 0.477 e. The maximum absolute atomic E-state index is 12.6. The van der Waals surface area contributed by atoms with Gasteiger partial charge in [-0.3, -0.25) is 14.9 Å². The molecule has 0 bridgehead atoms. The van der Waals surface area contributed by atoms with Crippen LogP contribution in [0.5, 0.6) is 11.5 Å². The Bertz CT molecular complexity index is 1000. The number of hydrogen-bond acceptors (Lipinski definition) is 9. The van der Waals surface area contributed by atoms with Gasteiger partial charge < -0.3 is 24.1 Å². The van der Waals surface area contributed by atoms with Crippen molar-refractivity contribution in [2.45, 2.75) is 99.8 Å². The number of carbonyl (C=O) groups is 4. The Labute approximate surface area is 231 Å². The molecular weight excluding hydrogens is 506 g/mol. The number of carbonyl (C=O) groups excluding carboxylic acids is 3. The van der Waals surface area contributed by atoms with Crippen LogP contribution < -0.4 is 14.8 Å². The summed E-state index contributed by atoms with van der Waals surface area (Å²) in [4.78, 5) is 50.2. The molecule has 0 aliphatic heterocycles. The molecule has 1 aromatic rings. The largest absolute Gasteiger partial charge is 0.510 e. The number of carboxylic acid groups (broad SMARTS) is 1. The molecule has 2 N–H and O–H groups in total. The van der Waals surface area contributed by atoms with E-state index in [4.69, 9.17) is 18.9 Å². The minimum Gasteiger partial charge on any atom is -0.477 e. The normalized spacial score (nSPS) is 15.3. The molecular formula is C29H45NO9. The number of benzene rings is 1. The zero-order chi connectivity index (χ0) is 30.0. The first-order valence-electron chi connectivity index (χ1n) is 13.5. The molecule has 0 heterocycles. The van der Waals surface area contributed by atoms with Crippen molar-refractivity contribution in [1.82, 2.24) is 5.32 Å². The molecule has 10 heteroatoms. The molecule has 3 unspecified atom stereocenters. The molecule has 1 aromatic carbocycles. The zero-order valence-electron chi connectivity index (χ0n) is 24.7. The maximum atomic E-state index is 12.6. The van der Waals surface area contributed by atoms with E-state index in [-0.39, 0.29) is 41.9 Å². The molecule has 0 radical (unpaired) electrons. The summed E-state index contributed by atoms with van der Waals surface area (Å²) in [6.07, 6.45) is 0.184. The van der Waals surface area contributed by atoms with E-state index in [9.17, 15) is 24.3 Å². The van der Waals surface area contributed by atoms with Crippen LogP contribution in [-0.2, 0) is 30.3 Å². The summed E-state index contributed by atoms with van der Waals surface area (Å²) in [5.41, 5.74) is -2.18. The Morgan fingerprint density at radius 3 is 1.87 bits per heavy atom. The molecule has 0 saturated carbocycles. The average Bonchev–Trinajstić information content (AvgIpc) is 2.86. The molecule has 0 aliphatic carbocycles. The van der Waals surface area contributed by atoms with Gasteiger partial charge in [0.15, 0.2) is 11.5 Å². The molecule has 10 nitrogen and oxygen atoms in total. The molecule has 0 saturated heterocycles. The number of esters is 2. The number of aliphatic carboxylic acids is 1. The van der Waals surface area contributed by atoms with Gasteiger partial charge in [-0.05, 0) is 49.3 Å². The highest BCUT2D eigenvalue weighted by Gasteiger charge is 2.45. The first-order valence-corrected chi connectivity index (χ1v) is 13.5. The molecule has 0 spiro atoms. The van der Waals surface area contributed by atoms with Crippen molar-refractivity contribution in [1.29, 1.82) is 0 Å². The predicted octanol–water partition coefficient (Wildman–Crippen LogP) is 5.50. The first kappa shape index (κ1) is 33.9. The van der Waals surface area contributed by atoms with Crippen LogP contribution in [0.15, 0.2) is 18.2 Å². The van der Waals surface area contributed by atoms with Gasteiger partial charge in [0, 0.05) is 12.5 Å². The maximum Gasteiger partial charge on any atom is 0.510 e. The van der Waals surface area contributed by atoms with E-state index in [1.54, 1.807) is 20.8 Å². The van der Waals surface area contributed by atoms with Crippen molar-refractivity contribution in [2.24, 2.45) is 17.3 Å². The molecule has 1 rings (SSSR count). The van der Waals surface area contributed by atoms with Crippen LogP contribution in [-0.4, -0.2) is 47.5 Å². The average molecular weight is 552 g/mol. The van der Waals surface area contributed by atoms with Crippen molar-refractivity contribution < 1.29 is 43.2 Å². The summed E-state index contributed by atoms with van der Waals surface area (Å²) in [6.45, 7) is 16.3. The minimum absolute atomic E-state index is 0.0246. The van der Waals surface area contributed by atoms with Gasteiger partial charge in [0.05, 0.1) is 18.4 Å². The summed E-state index contributed by atoms with van der Waals surface area (Å²) in [6, 6.07) is 4.04. The lowest BCUT2D eigenvalue weighted by Crippen LogP contribution is -2.59. The van der Waals surface area contributed by atoms with E-state index in [1.807, 2.05) is 41.5 Å². The third-order valence-corrected chi connectivity index (χ3v) is 6.23. The van der Waals surface area contributed by atoms with E-state index < -0.39 is 35.7 Å². The second kappa shape index (κ2) is 14.9. The fourth-order valence-electron chi connectivity index (χ4n) is 3.11. The highest BCUT2D eigenvalue weighted by atomic mass is 16.7. The third-order valence-electron chi connectivity index (χ3n) is 6.23. The second-order valence-corrected chi connectivity index (χ2v) is 11.2. The van der Waals surface area contributed by atoms with Gasteiger partial charge in [-0.2, -0.15) is 0 Å². The van der Waals surface area contributed by atoms with E-state index in [2.05, 4.69) is 5.32 Å². The number of rotatable bonds is 14. The highest BCUT2D eigenvalue weighted by molar-refractivity contribution is 5.81. The third kappa shape index (κ3) is 10.9. The number of carboxylic acids is 1. The molecule has 220 valence electrons. The van der Waals surface area contributed by atoms with Crippen molar-refractivity contribution in [3.05, 3.63) is 23.8 Å². The Morgan fingerprint density at radius 2 is 1.41 bits per heavy atom. The van der Waals surface area contributed by atoms with E-state index >= 15 is 0 Å². The van der Waals surface area contributed by atoms with Crippen LogP contribution in [0.1, 0.15) is 87.1 Å². The van der Waals surface area contributed by atoms with Gasteiger partial charge in [-0.25, -0.2) is 9.59 Å². The Balaban J connectivity index is 3.48. The van der Waals surface area contributed by atoms with E-state index in [1.165, 1.54) is 18.2 Å². The highest BCUT2D eigenvalue weighted by Crippen LogP contribution is 2.32. The van der Waals surface area contributed by atoms with Crippen LogP contribution in [0.3, 0.4) is 0 Å². The lowest BCUT2D eigenvalue weighted by Gasteiger charge is -2.33. The number of nitrogens with one attached hydrogen (secondary N) is 1. The monoisotopic (exact) mass is 551 g/mol. The molecule has 0 aromatic heterocycles. The molecule has 0 fully saturated rings. The van der Waals surface area contributed by atoms with Crippen LogP contribution in [0, 0.1) is 17.3 Å². The standard InChI is InChI=1S/C29H45NO9/c1-10-18(4)24(31)37-22-14-13-21(15-23(22)38-25(32)19(5)11-2)16-29(26(33)34,30-20(6)12-3)39-27(35)36-17-28(7,8)9/h13-15,18-20,30H,10-12,16-17H2,1-9H3,(H,33,34)/t18?,19?,20?,29-/m0/s1. The number of ether oxygens (including phenoxy) is 4. The van der Waals surface area contributed by atoms with Gasteiger partial charge in [-0.1, -0.05) is 61.5 Å².